The van der Waals surface area contributed by atoms with Gasteiger partial charge in [0.25, 0.3) is 0 Å². The molecule has 0 amide bonds. The highest BCUT2D eigenvalue weighted by Gasteiger charge is 2.10. The van der Waals surface area contributed by atoms with Gasteiger partial charge in [-0.05, 0) is 31.6 Å². The van der Waals surface area contributed by atoms with Crippen molar-refractivity contribution in [2.75, 3.05) is 13.2 Å². The van der Waals surface area contributed by atoms with E-state index in [1.54, 1.807) is 0 Å². The standard InChI is InChI=1S/C31H60O4/c1-4-7-9-10-11-12-13-14-17-20-23-27-34-30(32)25-21-18-15-16-19-22-26-31(33)35-28-29(6-3)24-8-5-2/h29H,4-28H2,1-3H3. The summed E-state index contributed by atoms with van der Waals surface area (Å²) in [7, 11) is 0. The number of carbonyl (C=O) groups is 2. The summed E-state index contributed by atoms with van der Waals surface area (Å²) in [5, 5.41) is 0. The summed E-state index contributed by atoms with van der Waals surface area (Å²) in [5.41, 5.74) is 0. The summed E-state index contributed by atoms with van der Waals surface area (Å²) >= 11 is 0. The van der Waals surface area contributed by atoms with Crippen molar-refractivity contribution in [1.82, 2.24) is 0 Å². The van der Waals surface area contributed by atoms with E-state index in [1.165, 1.54) is 77.0 Å². The molecule has 4 nitrogen and oxygen atoms in total. The smallest absolute Gasteiger partial charge is 0.305 e. The zero-order valence-electron chi connectivity index (χ0n) is 23.9. The fourth-order valence-corrected chi connectivity index (χ4v) is 4.45. The number of rotatable bonds is 27. The van der Waals surface area contributed by atoms with Crippen LogP contribution in [0, 0.1) is 5.92 Å². The first kappa shape index (κ1) is 33.9. The van der Waals surface area contributed by atoms with E-state index in [4.69, 9.17) is 9.47 Å². The topological polar surface area (TPSA) is 52.6 Å². The Morgan fingerprint density at radius 1 is 0.514 bits per heavy atom. The van der Waals surface area contributed by atoms with E-state index in [-0.39, 0.29) is 11.9 Å². The molecule has 0 radical (unpaired) electrons. The van der Waals surface area contributed by atoms with Gasteiger partial charge in [0.05, 0.1) is 13.2 Å². The summed E-state index contributed by atoms with van der Waals surface area (Å²) in [6, 6.07) is 0. The molecule has 0 heterocycles. The van der Waals surface area contributed by atoms with Crippen LogP contribution in [0.1, 0.15) is 168 Å². The Labute approximate surface area is 218 Å². The molecule has 0 aromatic heterocycles. The molecule has 1 atom stereocenters. The maximum Gasteiger partial charge on any atom is 0.305 e. The van der Waals surface area contributed by atoms with Crippen molar-refractivity contribution in [2.45, 2.75) is 168 Å². The van der Waals surface area contributed by atoms with Crippen molar-refractivity contribution in [2.24, 2.45) is 5.92 Å². The van der Waals surface area contributed by atoms with Crippen molar-refractivity contribution in [1.29, 1.82) is 0 Å². The van der Waals surface area contributed by atoms with Gasteiger partial charge in [-0.15, -0.1) is 0 Å². The number of ether oxygens (including phenoxy) is 2. The molecule has 0 aliphatic carbocycles. The average Bonchev–Trinajstić information content (AvgIpc) is 2.86. The molecule has 35 heavy (non-hydrogen) atoms. The lowest BCUT2D eigenvalue weighted by Crippen LogP contribution is -2.13. The van der Waals surface area contributed by atoms with Gasteiger partial charge >= 0.3 is 11.9 Å². The SMILES string of the molecule is CCCCCCCCCCCCCOC(=O)CCCCCCCCC(=O)OCC(CC)CCCC. The third kappa shape index (κ3) is 25.8. The second kappa shape index (κ2) is 27.5. The van der Waals surface area contributed by atoms with Crippen LogP contribution in [0.2, 0.25) is 0 Å². The number of carbonyl (C=O) groups excluding carboxylic acids is 2. The molecule has 0 saturated carbocycles. The summed E-state index contributed by atoms with van der Waals surface area (Å²) in [6.07, 6.45) is 26.3. The number of hydrogen-bond donors (Lipinski definition) is 0. The molecule has 208 valence electrons. The fraction of sp³-hybridized carbons (Fsp3) is 0.935. The summed E-state index contributed by atoms with van der Waals surface area (Å²) in [6.45, 7) is 7.81. The third-order valence-electron chi connectivity index (χ3n) is 7.05. The Morgan fingerprint density at radius 2 is 0.943 bits per heavy atom. The first-order valence-electron chi connectivity index (χ1n) is 15.4. The van der Waals surface area contributed by atoms with E-state index >= 15 is 0 Å². The highest BCUT2D eigenvalue weighted by molar-refractivity contribution is 5.69. The summed E-state index contributed by atoms with van der Waals surface area (Å²) in [5.74, 6) is 0.440. The van der Waals surface area contributed by atoms with Crippen LogP contribution in [0.25, 0.3) is 0 Å². The summed E-state index contributed by atoms with van der Waals surface area (Å²) < 4.78 is 10.8. The first-order chi connectivity index (χ1) is 17.1. The Morgan fingerprint density at radius 3 is 1.43 bits per heavy atom. The predicted octanol–water partition coefficient (Wildman–Crippen LogP) is 9.72. The van der Waals surface area contributed by atoms with Crippen LogP contribution in [0.4, 0.5) is 0 Å². The van der Waals surface area contributed by atoms with Crippen LogP contribution < -0.4 is 0 Å². The van der Waals surface area contributed by atoms with Crippen molar-refractivity contribution in [3.8, 4) is 0 Å². The fourth-order valence-electron chi connectivity index (χ4n) is 4.45. The van der Waals surface area contributed by atoms with Crippen LogP contribution >= 0.6 is 0 Å². The van der Waals surface area contributed by atoms with Crippen molar-refractivity contribution < 1.29 is 19.1 Å². The zero-order chi connectivity index (χ0) is 25.8. The van der Waals surface area contributed by atoms with Gasteiger partial charge in [0.2, 0.25) is 0 Å². The van der Waals surface area contributed by atoms with Gasteiger partial charge in [0, 0.05) is 12.8 Å². The van der Waals surface area contributed by atoms with E-state index in [2.05, 4.69) is 20.8 Å². The Hall–Kier alpha value is -1.06. The van der Waals surface area contributed by atoms with Crippen LogP contribution in [-0.4, -0.2) is 25.2 Å². The Bertz CT molecular complexity index is 463. The normalized spacial score (nSPS) is 12.0. The van der Waals surface area contributed by atoms with Crippen LogP contribution in [0.3, 0.4) is 0 Å². The lowest BCUT2D eigenvalue weighted by Gasteiger charge is -2.14. The second-order valence-electron chi connectivity index (χ2n) is 10.5. The van der Waals surface area contributed by atoms with Crippen molar-refractivity contribution >= 4 is 11.9 Å². The Kier molecular flexibility index (Phi) is 26.7. The molecular formula is C31H60O4. The Balaban J connectivity index is 3.35. The molecular weight excluding hydrogens is 436 g/mol. The minimum atomic E-state index is -0.0412. The lowest BCUT2D eigenvalue weighted by molar-refractivity contribution is -0.145. The van der Waals surface area contributed by atoms with Crippen LogP contribution in [0.5, 0.6) is 0 Å². The molecule has 0 bridgehead atoms. The average molecular weight is 497 g/mol. The molecule has 4 heteroatoms. The van der Waals surface area contributed by atoms with Crippen LogP contribution in [0.15, 0.2) is 0 Å². The highest BCUT2D eigenvalue weighted by Crippen LogP contribution is 2.15. The monoisotopic (exact) mass is 496 g/mol. The molecule has 0 aliphatic rings. The van der Waals surface area contributed by atoms with Gasteiger partial charge < -0.3 is 9.47 Å². The maximum atomic E-state index is 11.9. The van der Waals surface area contributed by atoms with Crippen LogP contribution in [-0.2, 0) is 19.1 Å². The van der Waals surface area contributed by atoms with Gasteiger partial charge in [-0.1, -0.05) is 130 Å². The minimum Gasteiger partial charge on any atom is -0.466 e. The number of hydrogen-bond acceptors (Lipinski definition) is 4. The molecule has 0 spiro atoms. The van der Waals surface area contributed by atoms with Crippen molar-refractivity contribution in [3.05, 3.63) is 0 Å². The quantitative estimate of drug-likeness (QED) is 0.0838. The maximum absolute atomic E-state index is 11.9. The third-order valence-corrected chi connectivity index (χ3v) is 7.05. The molecule has 1 unspecified atom stereocenters. The van der Waals surface area contributed by atoms with E-state index in [0.29, 0.717) is 32.0 Å². The first-order valence-corrected chi connectivity index (χ1v) is 15.4. The second-order valence-corrected chi connectivity index (χ2v) is 10.5. The van der Waals surface area contributed by atoms with E-state index in [1.807, 2.05) is 0 Å². The molecule has 0 aliphatic heterocycles. The van der Waals surface area contributed by atoms with E-state index < -0.39 is 0 Å². The van der Waals surface area contributed by atoms with Gasteiger partial charge in [-0.3, -0.25) is 9.59 Å². The predicted molar refractivity (Wildman–Crippen MR) is 149 cm³/mol. The van der Waals surface area contributed by atoms with Crippen molar-refractivity contribution in [3.63, 3.8) is 0 Å². The molecule has 0 N–H and O–H groups in total. The van der Waals surface area contributed by atoms with E-state index in [9.17, 15) is 9.59 Å². The van der Waals surface area contributed by atoms with E-state index in [0.717, 1.165) is 57.8 Å². The molecule has 0 saturated heterocycles. The molecule has 0 rings (SSSR count). The van der Waals surface area contributed by atoms with Gasteiger partial charge in [-0.2, -0.15) is 0 Å². The summed E-state index contributed by atoms with van der Waals surface area (Å²) in [4.78, 5) is 23.8. The lowest BCUT2D eigenvalue weighted by atomic mass is 10.0. The number of unbranched alkanes of at least 4 members (excludes halogenated alkanes) is 16. The zero-order valence-corrected chi connectivity index (χ0v) is 23.9. The van der Waals surface area contributed by atoms with Gasteiger partial charge in [0.15, 0.2) is 0 Å². The van der Waals surface area contributed by atoms with Gasteiger partial charge in [-0.25, -0.2) is 0 Å². The largest absolute Gasteiger partial charge is 0.466 e. The number of esters is 2. The highest BCUT2D eigenvalue weighted by atomic mass is 16.5. The molecule has 0 aromatic carbocycles. The molecule has 0 aromatic rings. The molecule has 0 fully saturated rings. The minimum absolute atomic E-state index is 0.0378. The van der Waals surface area contributed by atoms with Gasteiger partial charge in [0.1, 0.15) is 0 Å².